The zero-order valence-corrected chi connectivity index (χ0v) is 24.4. The second-order valence-electron chi connectivity index (χ2n) is 12.3. The Morgan fingerprint density at radius 2 is 1.81 bits per heavy atom. The molecule has 2 saturated heterocycles. The molecule has 2 fully saturated rings. The molecule has 2 aliphatic rings. The lowest BCUT2D eigenvalue weighted by Crippen LogP contribution is -2.46. The van der Waals surface area contributed by atoms with Crippen LogP contribution in [0.5, 0.6) is 0 Å². The standard InChI is InChI=1S/C24H41N8O4P/c1-16-26-20-19(21(33)27-16)25-15-32(20)18-14-31(13-17(35-18)12-23(2,3)4)37(34,36-24(5,6)7)28-22-29(8)10-11-30(22)9/h15,17-18H,10-14H2,1-9H3,(H,26,27,33)/t17-,18-,37?/m1/s1. The van der Waals surface area contributed by atoms with Gasteiger partial charge in [0.2, 0.25) is 5.96 Å². The molecule has 206 valence electrons. The van der Waals surface area contributed by atoms with E-state index in [4.69, 9.17) is 14.0 Å². The van der Waals surface area contributed by atoms with Gasteiger partial charge in [-0.2, -0.15) is 4.76 Å². The zero-order valence-electron chi connectivity index (χ0n) is 23.5. The van der Waals surface area contributed by atoms with Gasteiger partial charge in [-0.05, 0) is 39.5 Å². The molecule has 4 rings (SSSR count). The van der Waals surface area contributed by atoms with E-state index in [0.717, 1.165) is 19.5 Å². The summed E-state index contributed by atoms with van der Waals surface area (Å²) in [6.07, 6.45) is 1.45. The van der Waals surface area contributed by atoms with Crippen LogP contribution in [0.4, 0.5) is 0 Å². The van der Waals surface area contributed by atoms with Crippen molar-refractivity contribution in [2.45, 2.75) is 72.8 Å². The molecule has 3 atom stereocenters. The number of guanidine groups is 1. The van der Waals surface area contributed by atoms with Gasteiger partial charge < -0.3 is 19.5 Å². The smallest absolute Gasteiger partial charge is 0.352 e. The van der Waals surface area contributed by atoms with E-state index >= 15 is 0 Å². The maximum atomic E-state index is 14.7. The summed E-state index contributed by atoms with van der Waals surface area (Å²) in [5.41, 5.74) is -0.372. The number of nitrogens with one attached hydrogen (secondary N) is 1. The van der Waals surface area contributed by atoms with Gasteiger partial charge in [0.05, 0.1) is 24.6 Å². The summed E-state index contributed by atoms with van der Waals surface area (Å²) in [6.45, 7) is 16.0. The van der Waals surface area contributed by atoms with E-state index in [-0.39, 0.29) is 29.1 Å². The van der Waals surface area contributed by atoms with Crippen molar-refractivity contribution in [3.05, 3.63) is 22.5 Å². The molecule has 0 aromatic carbocycles. The van der Waals surface area contributed by atoms with Crippen LogP contribution in [0.15, 0.2) is 15.9 Å². The minimum atomic E-state index is -3.73. The first-order chi connectivity index (χ1) is 17.0. The molecule has 0 bridgehead atoms. The van der Waals surface area contributed by atoms with Crippen LogP contribution in [-0.2, 0) is 13.8 Å². The number of ether oxygens (including phenoxy) is 1. The van der Waals surface area contributed by atoms with Crippen molar-refractivity contribution < 1.29 is 13.8 Å². The molecule has 4 heterocycles. The Bertz CT molecular complexity index is 1260. The highest BCUT2D eigenvalue weighted by atomic mass is 31.2. The summed E-state index contributed by atoms with van der Waals surface area (Å²) >= 11 is 0. The molecule has 2 aromatic rings. The molecule has 0 saturated carbocycles. The summed E-state index contributed by atoms with van der Waals surface area (Å²) < 4.78 is 35.9. The van der Waals surface area contributed by atoms with Gasteiger partial charge in [-0.15, -0.1) is 0 Å². The number of hydrogen-bond donors (Lipinski definition) is 1. The first-order valence-corrected chi connectivity index (χ1v) is 14.3. The lowest BCUT2D eigenvalue weighted by molar-refractivity contribution is -0.115. The predicted octanol–water partition coefficient (Wildman–Crippen LogP) is 3.22. The molecule has 0 amide bonds. The number of imidazole rings is 1. The number of likely N-dealkylation sites (N-methyl/N-ethyl adjacent to an activating group) is 2. The largest absolute Gasteiger partial charge is 0.393 e. The first-order valence-electron chi connectivity index (χ1n) is 12.7. The Morgan fingerprint density at radius 3 is 2.41 bits per heavy atom. The highest BCUT2D eigenvalue weighted by Crippen LogP contribution is 2.57. The van der Waals surface area contributed by atoms with Crippen molar-refractivity contribution in [1.82, 2.24) is 34.0 Å². The number of rotatable bonds is 5. The van der Waals surface area contributed by atoms with Gasteiger partial charge in [0.25, 0.3) is 5.56 Å². The highest BCUT2D eigenvalue weighted by Gasteiger charge is 2.45. The molecular weight excluding hydrogens is 495 g/mol. The van der Waals surface area contributed by atoms with Crippen LogP contribution in [-0.4, -0.2) is 91.9 Å². The molecule has 2 aromatic heterocycles. The summed E-state index contributed by atoms with van der Waals surface area (Å²) in [5, 5.41) is 0. The fourth-order valence-electron chi connectivity index (χ4n) is 4.76. The fraction of sp³-hybridized carbons (Fsp3) is 0.750. The lowest BCUT2D eigenvalue weighted by Gasteiger charge is -2.43. The van der Waals surface area contributed by atoms with Crippen LogP contribution < -0.4 is 5.56 Å². The molecule has 0 radical (unpaired) electrons. The third-order valence-corrected chi connectivity index (χ3v) is 8.51. The monoisotopic (exact) mass is 536 g/mol. The van der Waals surface area contributed by atoms with Gasteiger partial charge >= 0.3 is 7.67 Å². The average molecular weight is 537 g/mol. The number of H-pyrrole nitrogens is 1. The number of morpholine rings is 1. The third-order valence-electron chi connectivity index (χ3n) is 6.25. The second kappa shape index (κ2) is 9.80. The summed E-state index contributed by atoms with van der Waals surface area (Å²) in [5.74, 6) is 1.12. The normalized spacial score (nSPS) is 23.6. The predicted molar refractivity (Wildman–Crippen MR) is 144 cm³/mol. The van der Waals surface area contributed by atoms with Gasteiger partial charge in [-0.1, -0.05) is 20.8 Å². The Balaban J connectivity index is 1.79. The van der Waals surface area contributed by atoms with E-state index in [1.165, 1.54) is 0 Å². The Hall–Kier alpha value is -2.27. The number of aryl methyl sites for hydroxylation is 1. The summed E-state index contributed by atoms with van der Waals surface area (Å²) in [6, 6.07) is 0. The van der Waals surface area contributed by atoms with Crippen molar-refractivity contribution in [1.29, 1.82) is 0 Å². The Labute approximate surface area is 218 Å². The maximum absolute atomic E-state index is 14.7. The highest BCUT2D eigenvalue weighted by molar-refractivity contribution is 7.55. The van der Waals surface area contributed by atoms with Gasteiger partial charge in [0, 0.05) is 33.7 Å². The van der Waals surface area contributed by atoms with Crippen LogP contribution in [0.3, 0.4) is 0 Å². The number of aromatic amines is 1. The molecule has 0 spiro atoms. The van der Waals surface area contributed by atoms with Gasteiger partial charge in [-0.3, -0.25) is 13.9 Å². The van der Waals surface area contributed by atoms with Crippen LogP contribution in [0, 0.1) is 12.3 Å². The fourth-order valence-corrected chi connectivity index (χ4v) is 7.02. The van der Waals surface area contributed by atoms with E-state index in [1.807, 2.05) is 49.3 Å². The molecule has 12 nitrogen and oxygen atoms in total. The van der Waals surface area contributed by atoms with Crippen molar-refractivity contribution in [2.24, 2.45) is 10.2 Å². The number of nitrogens with zero attached hydrogens (tertiary/aromatic N) is 7. The SMILES string of the molecule is Cc1nc2c(ncn2[C@H]2CN(P(=O)(N=C3N(C)CCN3C)OC(C)(C)C)C[C@@H](CC(C)(C)C)O2)c(=O)[nH]1. The first kappa shape index (κ1) is 27.8. The molecule has 1 N–H and O–H groups in total. The second-order valence-corrected chi connectivity index (χ2v) is 14.2. The zero-order chi connectivity index (χ0) is 27.3. The van der Waals surface area contributed by atoms with Crippen molar-refractivity contribution in [3.8, 4) is 0 Å². The van der Waals surface area contributed by atoms with E-state index in [2.05, 4.69) is 35.7 Å². The van der Waals surface area contributed by atoms with E-state index in [0.29, 0.717) is 24.0 Å². The summed E-state index contributed by atoms with van der Waals surface area (Å²) in [4.78, 5) is 28.0. The molecule has 13 heteroatoms. The van der Waals surface area contributed by atoms with Gasteiger partial charge in [0.15, 0.2) is 11.2 Å². The molecule has 37 heavy (non-hydrogen) atoms. The van der Waals surface area contributed by atoms with E-state index < -0.39 is 19.5 Å². The van der Waals surface area contributed by atoms with Gasteiger partial charge in [0.1, 0.15) is 12.1 Å². The third kappa shape index (κ3) is 6.25. The molecule has 2 aliphatic heterocycles. The molecular formula is C24H41N8O4P. The van der Waals surface area contributed by atoms with Crippen molar-refractivity contribution >= 4 is 24.8 Å². The number of fused-ring (bicyclic) bond motifs is 1. The van der Waals surface area contributed by atoms with E-state index in [9.17, 15) is 9.36 Å². The van der Waals surface area contributed by atoms with Crippen molar-refractivity contribution in [2.75, 3.05) is 40.3 Å². The molecule has 0 aliphatic carbocycles. The van der Waals surface area contributed by atoms with Crippen LogP contribution in [0.1, 0.15) is 60.0 Å². The van der Waals surface area contributed by atoms with Crippen LogP contribution >= 0.6 is 7.67 Å². The number of aromatic nitrogens is 4. The van der Waals surface area contributed by atoms with Gasteiger partial charge in [-0.25, -0.2) is 19.2 Å². The number of hydrogen-bond acceptors (Lipinski definition) is 6. The summed E-state index contributed by atoms with van der Waals surface area (Å²) in [7, 11) is 0.158. The van der Waals surface area contributed by atoms with Crippen LogP contribution in [0.25, 0.3) is 11.2 Å². The Kier molecular flexibility index (Phi) is 7.35. The van der Waals surface area contributed by atoms with Crippen LogP contribution in [0.2, 0.25) is 0 Å². The lowest BCUT2D eigenvalue weighted by atomic mass is 9.89. The minimum Gasteiger partial charge on any atom is -0.352 e. The van der Waals surface area contributed by atoms with E-state index in [1.54, 1.807) is 17.8 Å². The van der Waals surface area contributed by atoms with Crippen molar-refractivity contribution in [3.63, 3.8) is 0 Å². The average Bonchev–Trinajstić information content (AvgIpc) is 3.29. The molecule has 1 unspecified atom stereocenters. The Morgan fingerprint density at radius 1 is 1.16 bits per heavy atom. The minimum absolute atomic E-state index is 0.0339. The maximum Gasteiger partial charge on any atom is 0.393 e. The topological polar surface area (TPSA) is 121 Å². The quantitative estimate of drug-likeness (QED) is 0.574.